The van der Waals surface area contributed by atoms with E-state index in [1.807, 2.05) is 18.3 Å². The summed E-state index contributed by atoms with van der Waals surface area (Å²) >= 11 is 6.10. The molecule has 0 amide bonds. The van der Waals surface area contributed by atoms with Crippen molar-refractivity contribution in [1.29, 1.82) is 0 Å². The van der Waals surface area contributed by atoms with Crippen molar-refractivity contribution in [2.45, 2.75) is 39.7 Å². The second kappa shape index (κ2) is 7.77. The Morgan fingerprint density at radius 1 is 1.19 bits per heavy atom. The van der Waals surface area contributed by atoms with Crippen molar-refractivity contribution >= 4 is 34.8 Å². The average molecular weight is 383 g/mol. The van der Waals surface area contributed by atoms with Crippen molar-refractivity contribution in [3.63, 3.8) is 0 Å². The Balaban J connectivity index is 1.97. The second-order valence-corrected chi connectivity index (χ2v) is 7.92. The molecule has 142 valence electrons. The third kappa shape index (κ3) is 4.03. The van der Waals surface area contributed by atoms with Gasteiger partial charge < -0.3 is 9.64 Å². The van der Waals surface area contributed by atoms with Gasteiger partial charge in [0.2, 0.25) is 0 Å². The normalized spacial score (nSPS) is 15.6. The van der Waals surface area contributed by atoms with Crippen molar-refractivity contribution in [2.24, 2.45) is 4.99 Å². The first kappa shape index (κ1) is 19.5. The molecular formula is C23H27ClN2O. The average Bonchev–Trinajstić information content (AvgIpc) is 2.63. The molecule has 0 bridgehead atoms. The van der Waals surface area contributed by atoms with Crippen LogP contribution in [0.5, 0.6) is 5.75 Å². The van der Waals surface area contributed by atoms with E-state index in [4.69, 9.17) is 16.3 Å². The van der Waals surface area contributed by atoms with Crippen LogP contribution >= 0.6 is 11.6 Å². The molecule has 4 heteroatoms. The van der Waals surface area contributed by atoms with Gasteiger partial charge >= 0.3 is 0 Å². The Labute approximate surface area is 167 Å². The minimum absolute atomic E-state index is 0.0247. The molecule has 1 heterocycles. The minimum Gasteiger partial charge on any atom is -0.494 e. The van der Waals surface area contributed by atoms with Crippen LogP contribution in [0, 0.1) is 0 Å². The van der Waals surface area contributed by atoms with Gasteiger partial charge in [-0.1, -0.05) is 30.7 Å². The summed E-state index contributed by atoms with van der Waals surface area (Å²) in [5.74, 6) is 0.709. The standard InChI is InChI=1S/C23H27ClN2O/c1-6-11-26-21-9-7-17(12-19(21)16(2)14-23(26,3)4)15-25-20-13-18(24)8-10-22(20)27-5/h7-10,12-15H,6,11H2,1-5H3. The van der Waals surface area contributed by atoms with E-state index in [2.05, 4.69) is 61.9 Å². The van der Waals surface area contributed by atoms with Crippen molar-refractivity contribution in [3.8, 4) is 5.75 Å². The monoisotopic (exact) mass is 382 g/mol. The van der Waals surface area contributed by atoms with Crippen LogP contribution in [0.4, 0.5) is 11.4 Å². The summed E-state index contributed by atoms with van der Waals surface area (Å²) in [6.07, 6.45) is 5.34. The van der Waals surface area contributed by atoms with E-state index < -0.39 is 0 Å². The third-order valence-corrected chi connectivity index (χ3v) is 5.18. The van der Waals surface area contributed by atoms with Crippen LogP contribution in [-0.4, -0.2) is 25.4 Å². The smallest absolute Gasteiger partial charge is 0.144 e. The molecule has 0 aromatic heterocycles. The molecule has 2 aromatic carbocycles. The fourth-order valence-corrected chi connectivity index (χ4v) is 3.89. The molecule has 0 aliphatic carbocycles. The summed E-state index contributed by atoms with van der Waals surface area (Å²) in [7, 11) is 1.64. The van der Waals surface area contributed by atoms with Gasteiger partial charge in [0.25, 0.3) is 0 Å². The highest BCUT2D eigenvalue weighted by Gasteiger charge is 2.30. The Kier molecular flexibility index (Phi) is 5.61. The zero-order chi connectivity index (χ0) is 19.6. The first-order valence-corrected chi connectivity index (χ1v) is 9.72. The molecule has 2 aromatic rings. The van der Waals surface area contributed by atoms with Crippen molar-refractivity contribution in [3.05, 3.63) is 58.6 Å². The van der Waals surface area contributed by atoms with E-state index in [9.17, 15) is 0 Å². The maximum Gasteiger partial charge on any atom is 0.144 e. The molecule has 0 N–H and O–H groups in total. The van der Waals surface area contributed by atoms with Gasteiger partial charge in [-0.2, -0.15) is 0 Å². The van der Waals surface area contributed by atoms with Gasteiger partial charge in [-0.15, -0.1) is 0 Å². The lowest BCUT2D eigenvalue weighted by atomic mass is 9.88. The van der Waals surface area contributed by atoms with Crippen LogP contribution < -0.4 is 9.64 Å². The quantitative estimate of drug-likeness (QED) is 0.550. The summed E-state index contributed by atoms with van der Waals surface area (Å²) < 4.78 is 5.37. The highest BCUT2D eigenvalue weighted by molar-refractivity contribution is 6.30. The predicted molar refractivity (Wildman–Crippen MR) is 117 cm³/mol. The molecule has 0 saturated heterocycles. The molecule has 3 rings (SSSR count). The van der Waals surface area contributed by atoms with Gasteiger partial charge in [0.05, 0.1) is 12.6 Å². The number of nitrogens with zero attached hydrogens (tertiary/aromatic N) is 2. The number of ether oxygens (including phenoxy) is 1. The van der Waals surface area contributed by atoms with E-state index in [1.165, 1.54) is 16.8 Å². The molecule has 1 aliphatic rings. The maximum absolute atomic E-state index is 6.10. The minimum atomic E-state index is 0.0247. The number of hydrogen-bond donors (Lipinski definition) is 0. The summed E-state index contributed by atoms with van der Waals surface area (Å²) in [5.41, 5.74) is 5.67. The molecule has 27 heavy (non-hydrogen) atoms. The molecule has 0 spiro atoms. The Bertz CT molecular complexity index is 899. The SMILES string of the molecule is CCCN1c2ccc(C=Nc3cc(Cl)ccc3OC)cc2C(C)=CC1(C)C. The van der Waals surface area contributed by atoms with Gasteiger partial charge in [-0.05, 0) is 68.7 Å². The van der Waals surface area contributed by atoms with Gasteiger partial charge in [0.1, 0.15) is 11.4 Å². The largest absolute Gasteiger partial charge is 0.494 e. The highest BCUT2D eigenvalue weighted by atomic mass is 35.5. The number of rotatable bonds is 5. The lowest BCUT2D eigenvalue weighted by molar-refractivity contribution is 0.416. The number of aliphatic imine (C=N–C) groups is 1. The summed E-state index contributed by atoms with van der Waals surface area (Å²) in [6, 6.07) is 12.0. The van der Waals surface area contributed by atoms with E-state index >= 15 is 0 Å². The number of halogens is 1. The van der Waals surface area contributed by atoms with E-state index in [1.54, 1.807) is 13.2 Å². The molecule has 0 saturated carbocycles. The van der Waals surface area contributed by atoms with Gasteiger partial charge in [-0.25, -0.2) is 0 Å². The van der Waals surface area contributed by atoms with Crippen LogP contribution in [0.3, 0.4) is 0 Å². The number of anilines is 1. The summed E-state index contributed by atoms with van der Waals surface area (Å²) in [5, 5.41) is 0.643. The molecule has 0 unspecified atom stereocenters. The topological polar surface area (TPSA) is 24.8 Å². The molecular weight excluding hydrogens is 356 g/mol. The summed E-state index contributed by atoms with van der Waals surface area (Å²) in [6.45, 7) is 9.99. The molecule has 3 nitrogen and oxygen atoms in total. The van der Waals surface area contributed by atoms with Crippen LogP contribution in [0.1, 0.15) is 45.2 Å². The Morgan fingerprint density at radius 2 is 1.96 bits per heavy atom. The maximum atomic E-state index is 6.10. The number of hydrogen-bond acceptors (Lipinski definition) is 3. The van der Waals surface area contributed by atoms with Crippen molar-refractivity contribution in [2.75, 3.05) is 18.6 Å². The Hall–Kier alpha value is -2.26. The molecule has 1 aliphatic heterocycles. The van der Waals surface area contributed by atoms with Gasteiger partial charge in [0, 0.05) is 29.0 Å². The van der Waals surface area contributed by atoms with Crippen LogP contribution in [0.2, 0.25) is 5.02 Å². The highest BCUT2D eigenvalue weighted by Crippen LogP contribution is 2.39. The van der Waals surface area contributed by atoms with Gasteiger partial charge in [-0.3, -0.25) is 4.99 Å². The number of methoxy groups -OCH3 is 1. The first-order chi connectivity index (χ1) is 12.9. The lowest BCUT2D eigenvalue weighted by Gasteiger charge is -2.43. The first-order valence-electron chi connectivity index (χ1n) is 9.35. The summed E-state index contributed by atoms with van der Waals surface area (Å²) in [4.78, 5) is 7.08. The van der Waals surface area contributed by atoms with E-state index in [0.29, 0.717) is 10.8 Å². The fraction of sp³-hybridized carbons (Fsp3) is 0.348. The Morgan fingerprint density at radius 3 is 2.67 bits per heavy atom. The van der Waals surface area contributed by atoms with Crippen molar-refractivity contribution < 1.29 is 4.74 Å². The fourth-order valence-electron chi connectivity index (χ4n) is 3.72. The molecule has 0 radical (unpaired) electrons. The second-order valence-electron chi connectivity index (χ2n) is 7.48. The van der Waals surface area contributed by atoms with E-state index in [0.717, 1.165) is 24.2 Å². The molecule has 0 atom stereocenters. The number of allylic oxidation sites excluding steroid dienone is 1. The molecule has 0 fully saturated rings. The zero-order valence-electron chi connectivity index (χ0n) is 16.7. The predicted octanol–water partition coefficient (Wildman–Crippen LogP) is 6.51. The van der Waals surface area contributed by atoms with E-state index in [-0.39, 0.29) is 5.54 Å². The van der Waals surface area contributed by atoms with Crippen LogP contribution in [0.25, 0.3) is 5.57 Å². The lowest BCUT2D eigenvalue weighted by Crippen LogP contribution is -2.45. The number of benzene rings is 2. The van der Waals surface area contributed by atoms with Crippen LogP contribution in [-0.2, 0) is 0 Å². The third-order valence-electron chi connectivity index (χ3n) is 4.94. The van der Waals surface area contributed by atoms with Crippen LogP contribution in [0.15, 0.2) is 47.5 Å². The number of fused-ring (bicyclic) bond motifs is 1. The van der Waals surface area contributed by atoms with Crippen molar-refractivity contribution in [1.82, 2.24) is 0 Å². The zero-order valence-corrected chi connectivity index (χ0v) is 17.5. The van der Waals surface area contributed by atoms with Gasteiger partial charge in [0.15, 0.2) is 0 Å².